The lowest BCUT2D eigenvalue weighted by atomic mass is 10.1. The van der Waals surface area contributed by atoms with E-state index in [0.717, 1.165) is 12.8 Å². The van der Waals surface area contributed by atoms with Gasteiger partial charge in [-0.3, -0.25) is 4.79 Å². The standard InChI is InChI=1S/C20H32O4/c1-2-3-4-5-6-7-8-9-10-11-12-13-14-16-19(24-23)17-15-18-20(21)22/h7-10,12-13,16,23H,2-6,11,14-15,17-18H2,1H3,(H,21,22). The molecule has 136 valence electrons. The van der Waals surface area contributed by atoms with E-state index < -0.39 is 5.97 Å². The molecule has 0 bridgehead atoms. The molecule has 0 atom stereocenters. The second kappa shape index (κ2) is 17.5. The number of carboxylic acid groups (broad SMARTS) is 1. The number of rotatable bonds is 15. The monoisotopic (exact) mass is 336 g/mol. The minimum Gasteiger partial charge on any atom is -0.481 e. The van der Waals surface area contributed by atoms with Gasteiger partial charge >= 0.3 is 5.97 Å². The van der Waals surface area contributed by atoms with E-state index in [1.54, 1.807) is 6.08 Å². The molecule has 0 aliphatic rings. The molecule has 0 heterocycles. The highest BCUT2D eigenvalue weighted by Crippen LogP contribution is 2.09. The van der Waals surface area contributed by atoms with E-state index in [1.807, 2.05) is 12.2 Å². The van der Waals surface area contributed by atoms with Crippen molar-refractivity contribution >= 4 is 5.97 Å². The zero-order valence-electron chi connectivity index (χ0n) is 14.8. The predicted octanol–water partition coefficient (Wildman–Crippen LogP) is 6.03. The number of carbonyl (C=O) groups is 1. The Labute approximate surface area is 146 Å². The third-order valence-electron chi connectivity index (χ3n) is 3.46. The molecule has 2 N–H and O–H groups in total. The van der Waals surface area contributed by atoms with Crippen molar-refractivity contribution in [1.29, 1.82) is 0 Å². The highest BCUT2D eigenvalue weighted by Gasteiger charge is 2.01. The van der Waals surface area contributed by atoms with E-state index in [2.05, 4.69) is 36.1 Å². The van der Waals surface area contributed by atoms with Crippen LogP contribution in [-0.4, -0.2) is 16.3 Å². The van der Waals surface area contributed by atoms with Crippen LogP contribution < -0.4 is 0 Å². The smallest absolute Gasteiger partial charge is 0.303 e. The predicted molar refractivity (Wildman–Crippen MR) is 98.7 cm³/mol. The first-order chi connectivity index (χ1) is 11.7. The van der Waals surface area contributed by atoms with E-state index in [1.165, 1.54) is 25.7 Å². The fourth-order valence-electron chi connectivity index (χ4n) is 2.09. The fraction of sp³-hybridized carbons (Fsp3) is 0.550. The van der Waals surface area contributed by atoms with Crippen LogP contribution in [0.15, 0.2) is 48.3 Å². The molecule has 0 aliphatic heterocycles. The molecule has 0 saturated carbocycles. The summed E-state index contributed by atoms with van der Waals surface area (Å²) in [4.78, 5) is 14.7. The van der Waals surface area contributed by atoms with Gasteiger partial charge in [-0.15, -0.1) is 0 Å². The number of hydrogen-bond acceptors (Lipinski definition) is 3. The zero-order valence-corrected chi connectivity index (χ0v) is 14.8. The third-order valence-corrected chi connectivity index (χ3v) is 3.46. The van der Waals surface area contributed by atoms with Crippen molar-refractivity contribution in [3.05, 3.63) is 48.3 Å². The summed E-state index contributed by atoms with van der Waals surface area (Å²) >= 11 is 0. The Bertz CT molecular complexity index is 419. The molecule has 0 aromatic carbocycles. The quantitative estimate of drug-likeness (QED) is 0.0956. The lowest BCUT2D eigenvalue weighted by Crippen LogP contribution is -1.95. The molecule has 0 amide bonds. The van der Waals surface area contributed by atoms with Gasteiger partial charge in [0.25, 0.3) is 0 Å². The van der Waals surface area contributed by atoms with Crippen LogP contribution in [0.4, 0.5) is 0 Å². The summed E-state index contributed by atoms with van der Waals surface area (Å²) in [6.07, 6.45) is 23.1. The van der Waals surface area contributed by atoms with Gasteiger partial charge in [0.15, 0.2) is 0 Å². The summed E-state index contributed by atoms with van der Waals surface area (Å²) in [5.41, 5.74) is 0. The lowest BCUT2D eigenvalue weighted by molar-refractivity contribution is -0.206. The molecule has 0 aromatic heterocycles. The number of allylic oxidation sites excluding steroid dienone is 8. The van der Waals surface area contributed by atoms with Gasteiger partial charge in [-0.2, -0.15) is 0 Å². The van der Waals surface area contributed by atoms with Crippen molar-refractivity contribution < 1.29 is 20.0 Å². The van der Waals surface area contributed by atoms with Gasteiger partial charge in [-0.05, 0) is 38.2 Å². The summed E-state index contributed by atoms with van der Waals surface area (Å²) in [5.74, 6) is -0.420. The molecular weight excluding hydrogens is 304 g/mol. The molecule has 24 heavy (non-hydrogen) atoms. The number of aliphatic carboxylic acids is 1. The minimum atomic E-state index is -0.839. The Balaban J connectivity index is 3.74. The van der Waals surface area contributed by atoms with Gasteiger partial charge in [-0.1, -0.05) is 62.6 Å². The van der Waals surface area contributed by atoms with E-state index in [-0.39, 0.29) is 6.42 Å². The number of hydrogen-bond donors (Lipinski definition) is 2. The molecule has 0 unspecified atom stereocenters. The molecule has 4 nitrogen and oxygen atoms in total. The first-order valence-electron chi connectivity index (χ1n) is 8.89. The highest BCUT2D eigenvalue weighted by molar-refractivity contribution is 5.66. The van der Waals surface area contributed by atoms with Crippen molar-refractivity contribution in [2.45, 2.75) is 71.1 Å². The summed E-state index contributed by atoms with van der Waals surface area (Å²) < 4.78 is 0. The summed E-state index contributed by atoms with van der Waals surface area (Å²) in [6.45, 7) is 2.22. The molecule has 0 radical (unpaired) electrons. The Kier molecular flexibility index (Phi) is 16.2. The molecule has 0 aromatic rings. The fourth-order valence-corrected chi connectivity index (χ4v) is 2.09. The Morgan fingerprint density at radius 1 is 0.917 bits per heavy atom. The zero-order chi connectivity index (χ0) is 17.9. The lowest BCUT2D eigenvalue weighted by Gasteiger charge is -2.01. The topological polar surface area (TPSA) is 66.8 Å². The second-order valence-electron chi connectivity index (χ2n) is 5.66. The van der Waals surface area contributed by atoms with Crippen LogP contribution in [0.3, 0.4) is 0 Å². The average molecular weight is 336 g/mol. The maximum Gasteiger partial charge on any atom is 0.303 e. The normalized spacial score (nSPS) is 12.7. The Morgan fingerprint density at radius 2 is 1.67 bits per heavy atom. The van der Waals surface area contributed by atoms with Gasteiger partial charge in [-0.25, -0.2) is 5.26 Å². The SMILES string of the molecule is CCCCCCC=CC=CCC=CCC=C(CCCC(=O)O)OO. The van der Waals surface area contributed by atoms with Gasteiger partial charge in [0, 0.05) is 12.8 Å². The van der Waals surface area contributed by atoms with Gasteiger partial charge in [0.05, 0.1) is 0 Å². The number of carboxylic acids is 1. The first-order valence-corrected chi connectivity index (χ1v) is 8.89. The largest absolute Gasteiger partial charge is 0.481 e. The molecular formula is C20H32O4. The van der Waals surface area contributed by atoms with Crippen molar-refractivity contribution in [2.75, 3.05) is 0 Å². The van der Waals surface area contributed by atoms with E-state index in [9.17, 15) is 4.79 Å². The number of unbranched alkanes of at least 4 members (excludes halogenated alkanes) is 4. The van der Waals surface area contributed by atoms with Crippen LogP contribution in [0.5, 0.6) is 0 Å². The first kappa shape index (κ1) is 22.2. The molecule has 0 fully saturated rings. The Morgan fingerprint density at radius 3 is 2.38 bits per heavy atom. The van der Waals surface area contributed by atoms with Gasteiger partial charge < -0.3 is 9.99 Å². The minimum absolute atomic E-state index is 0.0768. The van der Waals surface area contributed by atoms with Crippen LogP contribution in [0.25, 0.3) is 0 Å². The van der Waals surface area contributed by atoms with Crippen molar-refractivity contribution in [1.82, 2.24) is 0 Å². The molecule has 0 aliphatic carbocycles. The van der Waals surface area contributed by atoms with Gasteiger partial charge in [0.2, 0.25) is 0 Å². The molecule has 4 heteroatoms. The van der Waals surface area contributed by atoms with E-state index in [4.69, 9.17) is 10.4 Å². The van der Waals surface area contributed by atoms with E-state index in [0.29, 0.717) is 25.0 Å². The van der Waals surface area contributed by atoms with Crippen LogP contribution >= 0.6 is 0 Å². The third kappa shape index (κ3) is 16.6. The van der Waals surface area contributed by atoms with Crippen LogP contribution in [0, 0.1) is 0 Å². The maximum absolute atomic E-state index is 10.4. The van der Waals surface area contributed by atoms with Crippen LogP contribution in [-0.2, 0) is 9.68 Å². The molecule has 0 spiro atoms. The highest BCUT2D eigenvalue weighted by atomic mass is 17.1. The van der Waals surface area contributed by atoms with Crippen LogP contribution in [0.1, 0.15) is 71.1 Å². The maximum atomic E-state index is 10.4. The molecule has 0 rings (SSSR count). The van der Waals surface area contributed by atoms with Crippen molar-refractivity contribution in [3.8, 4) is 0 Å². The van der Waals surface area contributed by atoms with Crippen LogP contribution in [0.2, 0.25) is 0 Å². The van der Waals surface area contributed by atoms with Crippen molar-refractivity contribution in [2.24, 2.45) is 0 Å². The van der Waals surface area contributed by atoms with E-state index >= 15 is 0 Å². The molecule has 0 saturated heterocycles. The van der Waals surface area contributed by atoms with Crippen molar-refractivity contribution in [3.63, 3.8) is 0 Å². The second-order valence-corrected chi connectivity index (χ2v) is 5.66. The average Bonchev–Trinajstić information content (AvgIpc) is 2.57. The summed E-state index contributed by atoms with van der Waals surface area (Å²) in [6, 6.07) is 0. The Hall–Kier alpha value is -1.81. The van der Waals surface area contributed by atoms with Gasteiger partial charge in [0.1, 0.15) is 5.76 Å². The summed E-state index contributed by atoms with van der Waals surface area (Å²) in [7, 11) is 0. The summed E-state index contributed by atoms with van der Waals surface area (Å²) in [5, 5.41) is 17.3.